The van der Waals surface area contributed by atoms with E-state index in [0.29, 0.717) is 165 Å². The second-order valence-corrected chi connectivity index (χ2v) is 47.5. The molecule has 24 atom stereocenters. The van der Waals surface area contributed by atoms with E-state index in [4.69, 9.17) is 74.2 Å². The van der Waals surface area contributed by atoms with Gasteiger partial charge in [0.1, 0.15) is 24.9 Å². The van der Waals surface area contributed by atoms with Gasteiger partial charge < -0.3 is 89.2 Å². The van der Waals surface area contributed by atoms with Gasteiger partial charge in [-0.3, -0.25) is 14.4 Å². The minimum absolute atomic E-state index is 0.0164. The molecule has 0 saturated heterocycles. The summed E-state index contributed by atoms with van der Waals surface area (Å²) in [6.45, 7) is 46.1. The van der Waals surface area contributed by atoms with Gasteiger partial charge >= 0.3 is 17.6 Å². The second kappa shape index (κ2) is 57.6. The van der Waals surface area contributed by atoms with E-state index in [0.717, 1.165) is 164 Å². The Labute approximate surface area is 839 Å². The molecule has 5 amide bonds. The number of ether oxygens (including phenoxy) is 12. The number of halogens is 1. The summed E-state index contributed by atoms with van der Waals surface area (Å²) in [7, 11) is 1.47. The van der Waals surface area contributed by atoms with Gasteiger partial charge in [0.25, 0.3) is 0 Å². The number of nitrogens with one attached hydrogen (secondary N) is 5. The van der Waals surface area contributed by atoms with E-state index < -0.39 is 11.5 Å². The fraction of sp³-hybridized carbons (Fsp3) is 0.894. The van der Waals surface area contributed by atoms with Gasteiger partial charge in [-0.2, -0.15) is 0 Å². The molecular formula is C113H195ClN6O18. The van der Waals surface area contributed by atoms with Crippen LogP contribution < -0.4 is 32.3 Å². The van der Waals surface area contributed by atoms with E-state index in [9.17, 15) is 28.8 Å². The van der Waals surface area contributed by atoms with Crippen LogP contribution in [0.1, 0.15) is 329 Å². The number of alkyl carbamates (subject to hydrolysis) is 2. The Balaban J connectivity index is 0.000000246. The highest BCUT2D eigenvalue weighted by atomic mass is 35.5. The van der Waals surface area contributed by atoms with Crippen LogP contribution in [-0.2, 0) is 71.2 Å². The summed E-state index contributed by atoms with van der Waals surface area (Å²) in [5.74, 6) is 14.8. The normalized spacial score (nSPS) is 32.6. The van der Waals surface area contributed by atoms with Crippen molar-refractivity contribution < 1.29 is 85.6 Å². The predicted octanol–water partition coefficient (Wildman–Crippen LogP) is 21.9. The highest BCUT2D eigenvalue weighted by Crippen LogP contribution is 2.71. The molecule has 24 nitrogen and oxygen atoms in total. The first-order valence-electron chi connectivity index (χ1n) is 55.7. The summed E-state index contributed by atoms with van der Waals surface area (Å²) in [4.78, 5) is 71.6. The predicted molar refractivity (Wildman–Crippen MR) is 548 cm³/mol. The van der Waals surface area contributed by atoms with E-state index in [-0.39, 0.29) is 73.6 Å². The fourth-order valence-corrected chi connectivity index (χ4v) is 30.2. The number of carbonyl (C=O) groups is 6. The lowest BCUT2D eigenvalue weighted by molar-refractivity contribution is -0.125. The van der Waals surface area contributed by atoms with Gasteiger partial charge in [-0.1, -0.05) is 197 Å². The summed E-state index contributed by atoms with van der Waals surface area (Å²) in [6, 6.07) is 0. The maximum Gasteiger partial charge on any atom is 0.407 e. The molecule has 0 aliphatic heterocycles. The second-order valence-electron chi connectivity index (χ2n) is 47.2. The minimum atomic E-state index is -0.643. The number of amides is 5. The number of allylic oxidation sites excluding steroid dienone is 3. The van der Waals surface area contributed by atoms with Crippen LogP contribution in [0.25, 0.3) is 0 Å². The molecule has 1 unspecified atom stereocenters. The molecule has 0 aromatic rings. The van der Waals surface area contributed by atoms with Crippen LogP contribution in [0.15, 0.2) is 34.9 Å². The molecule has 0 bridgehead atoms. The molecule has 0 radical (unpaired) electrons. The van der Waals surface area contributed by atoms with Crippen molar-refractivity contribution in [2.75, 3.05) is 159 Å². The fourth-order valence-electron chi connectivity index (χ4n) is 30.1. The molecule has 9 fully saturated rings. The van der Waals surface area contributed by atoms with Crippen LogP contribution in [0.4, 0.5) is 14.4 Å². The Morgan fingerprint density at radius 3 is 0.964 bits per heavy atom. The molecular weight excluding hydrogens is 1760 g/mol. The average molecular weight is 1960 g/mol. The Kier molecular flexibility index (Phi) is 48.2. The molecule has 9 saturated carbocycles. The standard InChI is InChI=1S/C55H98N4O14.C30H52N2O2.C28H45ClO2/c1-42(2)8-7-9-43(3)47-12-13-48-46-11-10-44-40-45(14-18-54(44,4)49(46)15-19-55(47,48)5)73-53(63)59-21-20-56-50(60)16-24-65-28-32-69-36-38-71-34-30-67-26-22-57-51(61)17-25-66-29-33-70-37-39-72-35-31-68-27-23-58-52(62)41-64-6;1-20(2)7-6-8-21(3)25-11-12-26-24-10-9-22-19-23(34-28(33)32-18-17-31)13-15-29(22,4)27(24)14-16-30(25,26)5;1-18(2)7-6-8-19(3)23-11-12-24-22-10-9-20-17-21(31-26(29)30)13-15-27(20,4)25(22)14-16-28(23,24)5/h10,42-43,45-49H,7-9,11-41H2,1-6H3,(H,56,60)(H,57,61)(H,58,62)(H,59,63);9,20-21,23-27H,6-8,10-19,31H2,1-5H3,(H,32,33);9,18-19,21-25H,6-8,10-17H2,1-5H3/t43-,45+,46+,47-,48+,49+,54+,55-;21-,23+,24+,25-,26+,27+,29+,30-;19-,21?,22+,23-,24+,25+,27+,28-/m111/s1. The molecule has 12 aliphatic rings. The third kappa shape index (κ3) is 32.8. The Hall–Kier alpha value is -4.47. The molecule has 0 aromatic carbocycles. The van der Waals surface area contributed by atoms with Crippen molar-refractivity contribution in [3.8, 4) is 0 Å². The smallest absolute Gasteiger partial charge is 0.407 e. The number of fused-ring (bicyclic) bond motifs is 15. The van der Waals surface area contributed by atoms with Gasteiger partial charge in [-0.25, -0.2) is 14.4 Å². The lowest BCUT2D eigenvalue weighted by Crippen LogP contribution is -2.51. The largest absolute Gasteiger partial charge is 0.450 e. The first-order valence-corrected chi connectivity index (χ1v) is 56.0. The Morgan fingerprint density at radius 1 is 0.348 bits per heavy atom. The third-order valence-electron chi connectivity index (χ3n) is 37.3. The van der Waals surface area contributed by atoms with Crippen molar-refractivity contribution >= 4 is 46.9 Å². The van der Waals surface area contributed by atoms with Gasteiger partial charge in [0.05, 0.1) is 106 Å². The van der Waals surface area contributed by atoms with Crippen LogP contribution >= 0.6 is 11.6 Å². The van der Waals surface area contributed by atoms with Crippen LogP contribution in [0.2, 0.25) is 0 Å². The first kappa shape index (κ1) is 115. The zero-order chi connectivity index (χ0) is 99.5. The van der Waals surface area contributed by atoms with Crippen molar-refractivity contribution in [3.05, 3.63) is 34.9 Å². The number of methoxy groups -OCH3 is 1. The van der Waals surface area contributed by atoms with E-state index in [2.05, 4.69) is 149 Å². The summed E-state index contributed by atoms with van der Waals surface area (Å²) in [6.07, 6.45) is 49.3. The van der Waals surface area contributed by atoms with Crippen LogP contribution in [0, 0.1) is 139 Å². The quantitative estimate of drug-likeness (QED) is 0.0143. The van der Waals surface area contributed by atoms with Crippen LogP contribution in [-0.4, -0.2) is 212 Å². The monoisotopic (exact) mass is 1960 g/mol. The summed E-state index contributed by atoms with van der Waals surface area (Å²) >= 11 is 5.51. The van der Waals surface area contributed by atoms with Crippen molar-refractivity contribution in [2.45, 2.75) is 347 Å². The lowest BCUT2D eigenvalue weighted by Gasteiger charge is -2.58. The molecule has 0 spiro atoms. The van der Waals surface area contributed by atoms with Crippen LogP contribution in [0.3, 0.4) is 0 Å². The Bertz CT molecular complexity index is 3760. The molecule has 7 N–H and O–H groups in total. The van der Waals surface area contributed by atoms with Gasteiger partial charge in [0.15, 0.2) is 0 Å². The summed E-state index contributed by atoms with van der Waals surface area (Å²) in [5.41, 5.74) is 11.9. The molecule has 0 heterocycles. The average Bonchev–Trinajstić information content (AvgIpc) is 1.52. The number of carbonyl (C=O) groups excluding carboxylic acids is 6. The number of rotatable bonds is 55. The molecule has 792 valence electrons. The molecule has 12 rings (SSSR count). The lowest BCUT2D eigenvalue weighted by atomic mass is 9.47. The molecule has 0 aromatic heterocycles. The summed E-state index contributed by atoms with van der Waals surface area (Å²) in [5, 5.41) is 13.9. The van der Waals surface area contributed by atoms with Crippen molar-refractivity contribution in [2.24, 2.45) is 145 Å². The van der Waals surface area contributed by atoms with Crippen molar-refractivity contribution in [1.82, 2.24) is 26.6 Å². The Morgan fingerprint density at radius 2 is 0.645 bits per heavy atom. The van der Waals surface area contributed by atoms with Gasteiger partial charge in [-0.05, 0) is 274 Å². The number of nitrogens with two attached hydrogens (primary N) is 1. The number of hydrogen-bond donors (Lipinski definition) is 6. The van der Waals surface area contributed by atoms with Crippen molar-refractivity contribution in [1.29, 1.82) is 0 Å². The maximum absolute atomic E-state index is 12.8. The topological polar surface area (TPSA) is 299 Å². The molecule has 12 aliphatic carbocycles. The zero-order valence-corrected chi connectivity index (χ0v) is 89.9. The first-order chi connectivity index (χ1) is 66.2. The van der Waals surface area contributed by atoms with Gasteiger partial charge in [0.2, 0.25) is 17.7 Å². The highest BCUT2D eigenvalue weighted by Gasteiger charge is 2.63. The third-order valence-corrected chi connectivity index (χ3v) is 37.4. The van der Waals surface area contributed by atoms with Gasteiger partial charge in [-0.15, -0.1) is 0 Å². The maximum atomic E-state index is 12.8. The van der Waals surface area contributed by atoms with Gasteiger partial charge in [0, 0.05) is 90.1 Å². The molecule has 25 heteroatoms. The zero-order valence-electron chi connectivity index (χ0n) is 89.2. The summed E-state index contributed by atoms with van der Waals surface area (Å²) < 4.78 is 65.5. The van der Waals surface area contributed by atoms with E-state index >= 15 is 0 Å². The van der Waals surface area contributed by atoms with Crippen LogP contribution in [0.5, 0.6) is 0 Å². The van der Waals surface area contributed by atoms with E-state index in [1.165, 1.54) is 167 Å². The SMILES string of the molecule is CC(C)CCC[C@@H](C)[C@H]1CC[C@H]2[C@@H]3CC=C4CC(OC(=O)Cl)CC[C@]4(C)[C@H]3CC[C@]12C.CC(C)CCC[C@@H](C)[C@H]1CC[C@H]2[C@@H]3CC=C4C[C@@H](OC(=O)NCCN)CC[C@]4(C)[C@H]3CC[C@]12C.COCC(=O)NCCOCCOCCOCCOCCC(=O)NCCOCCOCCOCCOCCC(=O)NCCNC(=O)O[C@H]1CC[C@@]2(C)C(=CC[C@H]3[C@@H]4CC[C@H]([C@H](C)CCCC(C)C)[C@@]4(C)CC[C@@H]32)C1. The van der Waals surface area contributed by atoms with E-state index in [1.807, 2.05) is 0 Å². The van der Waals surface area contributed by atoms with E-state index in [1.54, 1.807) is 11.1 Å². The number of hydrogen-bond acceptors (Lipinski definition) is 19. The minimum Gasteiger partial charge on any atom is -0.450 e. The van der Waals surface area contributed by atoms with Crippen molar-refractivity contribution in [3.63, 3.8) is 0 Å². The molecule has 138 heavy (non-hydrogen) atoms. The highest BCUT2D eigenvalue weighted by molar-refractivity contribution is 6.61.